The Morgan fingerprint density at radius 1 is 1.38 bits per heavy atom. The lowest BCUT2D eigenvalue weighted by atomic mass is 10.1. The minimum Gasteiger partial charge on any atom is -0.487 e. The molecule has 0 aliphatic carbocycles. The largest absolute Gasteiger partial charge is 0.487 e. The Bertz CT molecular complexity index is 288. The van der Waals surface area contributed by atoms with E-state index in [-0.39, 0.29) is 0 Å². The first-order valence-electron chi connectivity index (χ1n) is 4.10. The molecule has 3 nitrogen and oxygen atoms in total. The van der Waals surface area contributed by atoms with Crippen LogP contribution in [0.2, 0.25) is 0 Å². The first-order chi connectivity index (χ1) is 6.25. The number of oxime groups is 1. The summed E-state index contributed by atoms with van der Waals surface area (Å²) in [5, 5.41) is 11.0. The summed E-state index contributed by atoms with van der Waals surface area (Å²) in [7, 11) is 0. The monoisotopic (exact) mass is 179 g/mol. The van der Waals surface area contributed by atoms with Crippen molar-refractivity contribution in [2.45, 2.75) is 13.8 Å². The first kappa shape index (κ1) is 9.58. The molecule has 13 heavy (non-hydrogen) atoms. The molecule has 0 bridgehead atoms. The van der Waals surface area contributed by atoms with Crippen molar-refractivity contribution in [3.05, 3.63) is 29.3 Å². The maximum Gasteiger partial charge on any atom is 0.127 e. The van der Waals surface area contributed by atoms with E-state index in [9.17, 15) is 0 Å². The predicted octanol–water partition coefficient (Wildman–Crippen LogP) is 2.14. The van der Waals surface area contributed by atoms with Crippen LogP contribution in [0.1, 0.15) is 11.1 Å². The fourth-order valence-electron chi connectivity index (χ4n) is 1.18. The Kier molecular flexibility index (Phi) is 3.31. The molecule has 1 rings (SSSR count). The van der Waals surface area contributed by atoms with Gasteiger partial charge < -0.3 is 9.94 Å². The molecule has 0 spiro atoms. The van der Waals surface area contributed by atoms with E-state index >= 15 is 0 Å². The number of hydrogen-bond acceptors (Lipinski definition) is 3. The van der Waals surface area contributed by atoms with Crippen LogP contribution in [-0.4, -0.2) is 18.0 Å². The fourth-order valence-corrected chi connectivity index (χ4v) is 1.18. The van der Waals surface area contributed by atoms with Gasteiger partial charge >= 0.3 is 0 Å². The van der Waals surface area contributed by atoms with E-state index in [1.807, 2.05) is 32.0 Å². The lowest BCUT2D eigenvalue weighted by molar-refractivity contribution is 0.311. The van der Waals surface area contributed by atoms with Crippen molar-refractivity contribution in [1.82, 2.24) is 0 Å². The standard InChI is InChI=1S/C10H13NO2/c1-8-4-3-5-9(2)10(8)13-7-6-11-12/h3-6,12H,7H2,1-2H3/b11-6-. The van der Waals surface area contributed by atoms with Crippen molar-refractivity contribution in [2.24, 2.45) is 5.16 Å². The molecule has 0 aliphatic heterocycles. The summed E-state index contributed by atoms with van der Waals surface area (Å²) in [6.45, 7) is 4.26. The summed E-state index contributed by atoms with van der Waals surface area (Å²) < 4.78 is 5.40. The topological polar surface area (TPSA) is 41.8 Å². The molecule has 3 heteroatoms. The van der Waals surface area contributed by atoms with Crippen LogP contribution in [-0.2, 0) is 0 Å². The average Bonchev–Trinajstić information content (AvgIpc) is 2.10. The highest BCUT2D eigenvalue weighted by Crippen LogP contribution is 2.21. The molecule has 0 amide bonds. The maximum absolute atomic E-state index is 8.17. The normalized spacial score (nSPS) is 10.6. The van der Waals surface area contributed by atoms with Crippen LogP contribution in [0.15, 0.2) is 23.4 Å². The fraction of sp³-hybridized carbons (Fsp3) is 0.300. The predicted molar refractivity (Wildman–Crippen MR) is 51.7 cm³/mol. The lowest BCUT2D eigenvalue weighted by Gasteiger charge is -2.09. The minimum atomic E-state index is 0.294. The molecule has 0 radical (unpaired) electrons. The Balaban J connectivity index is 2.75. The van der Waals surface area contributed by atoms with E-state index in [1.54, 1.807) is 0 Å². The number of rotatable bonds is 3. The van der Waals surface area contributed by atoms with Gasteiger partial charge in [0.2, 0.25) is 0 Å². The number of benzene rings is 1. The van der Waals surface area contributed by atoms with Crippen LogP contribution in [0.25, 0.3) is 0 Å². The number of para-hydroxylation sites is 1. The van der Waals surface area contributed by atoms with E-state index in [2.05, 4.69) is 5.16 Å². The smallest absolute Gasteiger partial charge is 0.127 e. The minimum absolute atomic E-state index is 0.294. The van der Waals surface area contributed by atoms with Crippen molar-refractivity contribution in [3.8, 4) is 5.75 Å². The van der Waals surface area contributed by atoms with Gasteiger partial charge in [0.25, 0.3) is 0 Å². The molecule has 1 aromatic carbocycles. The summed E-state index contributed by atoms with van der Waals surface area (Å²) >= 11 is 0. The zero-order valence-electron chi connectivity index (χ0n) is 7.82. The quantitative estimate of drug-likeness (QED) is 0.439. The zero-order valence-corrected chi connectivity index (χ0v) is 7.82. The van der Waals surface area contributed by atoms with Crippen LogP contribution in [0.4, 0.5) is 0 Å². The van der Waals surface area contributed by atoms with Gasteiger partial charge in [0.1, 0.15) is 12.4 Å². The van der Waals surface area contributed by atoms with E-state index in [0.29, 0.717) is 6.61 Å². The van der Waals surface area contributed by atoms with Gasteiger partial charge in [-0.05, 0) is 25.0 Å². The third-order valence-corrected chi connectivity index (χ3v) is 1.79. The van der Waals surface area contributed by atoms with Crippen LogP contribution < -0.4 is 4.74 Å². The first-order valence-corrected chi connectivity index (χ1v) is 4.10. The summed E-state index contributed by atoms with van der Waals surface area (Å²) in [5.41, 5.74) is 2.18. The molecule has 70 valence electrons. The van der Waals surface area contributed by atoms with Crippen molar-refractivity contribution < 1.29 is 9.94 Å². The second kappa shape index (κ2) is 4.50. The highest BCUT2D eigenvalue weighted by molar-refractivity contribution is 5.58. The van der Waals surface area contributed by atoms with E-state index in [0.717, 1.165) is 16.9 Å². The lowest BCUT2D eigenvalue weighted by Crippen LogP contribution is -2.01. The van der Waals surface area contributed by atoms with Crippen LogP contribution in [0.5, 0.6) is 5.75 Å². The van der Waals surface area contributed by atoms with Gasteiger partial charge in [-0.2, -0.15) is 0 Å². The molecule has 0 saturated heterocycles. The summed E-state index contributed by atoms with van der Waals surface area (Å²) in [5.74, 6) is 0.863. The molecule has 1 N–H and O–H groups in total. The number of aryl methyl sites for hydroxylation is 2. The molecular formula is C10H13NO2. The highest BCUT2D eigenvalue weighted by Gasteiger charge is 2.00. The van der Waals surface area contributed by atoms with Gasteiger partial charge in [-0.25, -0.2) is 0 Å². The second-order valence-corrected chi connectivity index (χ2v) is 2.83. The Labute approximate surface area is 77.6 Å². The van der Waals surface area contributed by atoms with Crippen molar-refractivity contribution >= 4 is 6.21 Å². The van der Waals surface area contributed by atoms with Crippen molar-refractivity contribution in [1.29, 1.82) is 0 Å². The van der Waals surface area contributed by atoms with Crippen LogP contribution >= 0.6 is 0 Å². The third kappa shape index (κ3) is 2.47. The van der Waals surface area contributed by atoms with E-state index in [4.69, 9.17) is 9.94 Å². The Morgan fingerprint density at radius 2 is 2.00 bits per heavy atom. The zero-order chi connectivity index (χ0) is 9.68. The number of hydrogen-bond donors (Lipinski definition) is 1. The molecule has 0 atom stereocenters. The van der Waals surface area contributed by atoms with E-state index < -0.39 is 0 Å². The van der Waals surface area contributed by atoms with Gasteiger partial charge in [-0.1, -0.05) is 23.4 Å². The van der Waals surface area contributed by atoms with E-state index in [1.165, 1.54) is 6.21 Å². The summed E-state index contributed by atoms with van der Waals surface area (Å²) in [4.78, 5) is 0. The maximum atomic E-state index is 8.17. The molecule has 0 fully saturated rings. The average molecular weight is 179 g/mol. The van der Waals surface area contributed by atoms with Gasteiger partial charge in [-0.3, -0.25) is 0 Å². The SMILES string of the molecule is Cc1cccc(C)c1OC/C=N\O. The second-order valence-electron chi connectivity index (χ2n) is 2.83. The molecule has 0 unspecified atom stereocenters. The molecule has 0 aliphatic rings. The van der Waals surface area contributed by atoms with Crippen molar-refractivity contribution in [2.75, 3.05) is 6.61 Å². The van der Waals surface area contributed by atoms with Gasteiger partial charge in [-0.15, -0.1) is 0 Å². The Morgan fingerprint density at radius 3 is 2.54 bits per heavy atom. The summed E-state index contributed by atoms with van der Waals surface area (Å²) in [6, 6.07) is 5.95. The van der Waals surface area contributed by atoms with Crippen molar-refractivity contribution in [3.63, 3.8) is 0 Å². The van der Waals surface area contributed by atoms with Gasteiger partial charge in [0.05, 0.1) is 6.21 Å². The third-order valence-electron chi connectivity index (χ3n) is 1.79. The molecule has 1 aromatic rings. The molecule has 0 aromatic heterocycles. The molecule has 0 heterocycles. The summed E-state index contributed by atoms with van der Waals surface area (Å²) in [6.07, 6.45) is 1.31. The van der Waals surface area contributed by atoms with Crippen LogP contribution in [0, 0.1) is 13.8 Å². The number of ether oxygens (including phenoxy) is 1. The van der Waals surface area contributed by atoms with Gasteiger partial charge in [0, 0.05) is 0 Å². The van der Waals surface area contributed by atoms with Crippen LogP contribution in [0.3, 0.4) is 0 Å². The van der Waals surface area contributed by atoms with Gasteiger partial charge in [0.15, 0.2) is 0 Å². The number of nitrogens with zero attached hydrogens (tertiary/aromatic N) is 1. The molecular weight excluding hydrogens is 166 g/mol. The highest BCUT2D eigenvalue weighted by atomic mass is 16.5. The molecule has 0 saturated carbocycles. The Hall–Kier alpha value is -1.51.